The van der Waals surface area contributed by atoms with Crippen molar-refractivity contribution in [2.45, 2.75) is 25.7 Å². The summed E-state index contributed by atoms with van der Waals surface area (Å²) < 4.78 is 2.04. The standard InChI is InChI=1S/C17H15N3S/c18-12-17(6-5-13-3-1-2-4-14(13)9-17)10-15-11-20-7-8-21-16(20)19-15/h1-4,7-8,11H,5-6,9-10H2. The zero-order chi connectivity index (χ0) is 14.3. The summed E-state index contributed by atoms with van der Waals surface area (Å²) in [6.07, 6.45) is 7.58. The molecular formula is C17H15N3S. The molecule has 1 unspecified atom stereocenters. The van der Waals surface area contributed by atoms with Crippen molar-refractivity contribution < 1.29 is 0 Å². The molecule has 0 radical (unpaired) electrons. The molecule has 1 aliphatic carbocycles. The number of imidazole rings is 1. The fraction of sp³-hybridized carbons (Fsp3) is 0.294. The second-order valence-electron chi connectivity index (χ2n) is 5.84. The minimum atomic E-state index is -0.307. The molecule has 2 aromatic heterocycles. The summed E-state index contributed by atoms with van der Waals surface area (Å²) in [5.41, 5.74) is 3.45. The lowest BCUT2D eigenvalue weighted by atomic mass is 9.70. The van der Waals surface area contributed by atoms with Gasteiger partial charge in [-0.1, -0.05) is 24.3 Å². The van der Waals surface area contributed by atoms with Crippen LogP contribution < -0.4 is 0 Å². The first-order valence-electron chi connectivity index (χ1n) is 7.17. The van der Waals surface area contributed by atoms with Crippen LogP contribution in [0.15, 0.2) is 42.0 Å². The summed E-state index contributed by atoms with van der Waals surface area (Å²) in [5, 5.41) is 11.8. The van der Waals surface area contributed by atoms with Gasteiger partial charge in [0.1, 0.15) is 0 Å². The zero-order valence-electron chi connectivity index (χ0n) is 11.6. The molecule has 104 valence electrons. The average Bonchev–Trinajstić information content (AvgIpc) is 3.08. The fourth-order valence-corrected chi connectivity index (χ4v) is 4.01. The molecule has 0 saturated carbocycles. The lowest BCUT2D eigenvalue weighted by Gasteiger charge is -2.31. The molecule has 1 aromatic carbocycles. The van der Waals surface area contributed by atoms with Crippen LogP contribution >= 0.6 is 11.3 Å². The van der Waals surface area contributed by atoms with Crippen LogP contribution in [0.25, 0.3) is 4.96 Å². The maximum atomic E-state index is 9.77. The molecule has 4 rings (SSSR count). The quantitative estimate of drug-likeness (QED) is 0.724. The van der Waals surface area contributed by atoms with Gasteiger partial charge in [0.05, 0.1) is 17.2 Å². The Bertz CT molecular complexity index is 810. The van der Waals surface area contributed by atoms with E-state index in [0.717, 1.165) is 36.3 Å². The number of aromatic nitrogens is 2. The first-order valence-corrected chi connectivity index (χ1v) is 8.05. The molecule has 0 N–H and O–H groups in total. The number of benzene rings is 1. The molecule has 0 fully saturated rings. The smallest absolute Gasteiger partial charge is 0.193 e. The lowest BCUT2D eigenvalue weighted by molar-refractivity contribution is 0.337. The third-order valence-corrected chi connectivity index (χ3v) is 5.19. The second-order valence-corrected chi connectivity index (χ2v) is 6.71. The predicted molar refractivity (Wildman–Crippen MR) is 83.3 cm³/mol. The van der Waals surface area contributed by atoms with E-state index < -0.39 is 0 Å². The first kappa shape index (κ1) is 12.6. The van der Waals surface area contributed by atoms with Gasteiger partial charge in [0, 0.05) is 24.2 Å². The van der Waals surface area contributed by atoms with Crippen molar-refractivity contribution >= 4 is 16.3 Å². The van der Waals surface area contributed by atoms with Crippen molar-refractivity contribution in [2.24, 2.45) is 5.41 Å². The highest BCUT2D eigenvalue weighted by Crippen LogP contribution is 2.37. The topological polar surface area (TPSA) is 41.1 Å². The number of aryl methyl sites for hydroxylation is 1. The predicted octanol–water partition coefficient (Wildman–Crippen LogP) is 3.64. The molecule has 3 aromatic rings. The molecule has 1 aliphatic rings. The fourth-order valence-electron chi connectivity index (χ4n) is 3.29. The Morgan fingerprint density at radius 2 is 2.19 bits per heavy atom. The van der Waals surface area contributed by atoms with E-state index in [-0.39, 0.29) is 5.41 Å². The lowest BCUT2D eigenvalue weighted by Crippen LogP contribution is -2.30. The normalized spacial score (nSPS) is 21.1. The molecule has 2 heterocycles. The van der Waals surface area contributed by atoms with Gasteiger partial charge >= 0.3 is 0 Å². The number of hydrogen-bond acceptors (Lipinski definition) is 3. The maximum Gasteiger partial charge on any atom is 0.193 e. The molecule has 0 amide bonds. The summed E-state index contributed by atoms with van der Waals surface area (Å²) in [4.78, 5) is 5.65. The first-order chi connectivity index (χ1) is 10.3. The van der Waals surface area contributed by atoms with Gasteiger partial charge in [-0.2, -0.15) is 5.26 Å². The van der Waals surface area contributed by atoms with Crippen molar-refractivity contribution in [1.29, 1.82) is 5.26 Å². The van der Waals surface area contributed by atoms with Crippen LogP contribution in [0.4, 0.5) is 0 Å². The van der Waals surface area contributed by atoms with Crippen LogP contribution in [-0.4, -0.2) is 9.38 Å². The SMILES string of the molecule is N#CC1(Cc2cn3ccsc3n2)CCc2ccccc2C1. The summed E-state index contributed by atoms with van der Waals surface area (Å²) in [7, 11) is 0. The largest absolute Gasteiger partial charge is 0.297 e. The minimum absolute atomic E-state index is 0.307. The van der Waals surface area contributed by atoms with E-state index >= 15 is 0 Å². The van der Waals surface area contributed by atoms with Gasteiger partial charge in [0.15, 0.2) is 4.96 Å². The average molecular weight is 293 g/mol. The van der Waals surface area contributed by atoms with Gasteiger partial charge < -0.3 is 0 Å². The van der Waals surface area contributed by atoms with Gasteiger partial charge in [0.2, 0.25) is 0 Å². The number of hydrogen-bond donors (Lipinski definition) is 0. The number of nitrogens with zero attached hydrogens (tertiary/aromatic N) is 3. The Hall–Kier alpha value is -2.12. The Morgan fingerprint density at radius 3 is 3.00 bits per heavy atom. The third kappa shape index (κ3) is 2.14. The Balaban J connectivity index is 1.66. The monoisotopic (exact) mass is 293 g/mol. The summed E-state index contributed by atoms with van der Waals surface area (Å²) in [6.45, 7) is 0. The van der Waals surface area contributed by atoms with E-state index in [2.05, 4.69) is 41.5 Å². The van der Waals surface area contributed by atoms with Crippen molar-refractivity contribution in [3.05, 3.63) is 58.9 Å². The Kier molecular flexibility index (Phi) is 2.83. The van der Waals surface area contributed by atoms with Gasteiger partial charge in [-0.05, 0) is 30.4 Å². The zero-order valence-corrected chi connectivity index (χ0v) is 12.4. The second kappa shape index (κ2) is 4.71. The van der Waals surface area contributed by atoms with Crippen LogP contribution in [0.5, 0.6) is 0 Å². The molecule has 0 bridgehead atoms. The van der Waals surface area contributed by atoms with Crippen LogP contribution in [0.1, 0.15) is 23.2 Å². The van der Waals surface area contributed by atoms with Gasteiger partial charge in [-0.15, -0.1) is 11.3 Å². The number of thiazole rings is 1. The summed E-state index contributed by atoms with van der Waals surface area (Å²) >= 11 is 1.63. The van der Waals surface area contributed by atoms with Gasteiger partial charge in [-0.3, -0.25) is 4.40 Å². The van der Waals surface area contributed by atoms with Gasteiger partial charge in [-0.25, -0.2) is 4.98 Å². The summed E-state index contributed by atoms with van der Waals surface area (Å²) in [6, 6.07) is 11.1. The highest BCUT2D eigenvalue weighted by atomic mass is 32.1. The van der Waals surface area contributed by atoms with Crippen molar-refractivity contribution in [1.82, 2.24) is 9.38 Å². The third-order valence-electron chi connectivity index (χ3n) is 4.42. The van der Waals surface area contributed by atoms with Crippen molar-refractivity contribution in [3.63, 3.8) is 0 Å². The van der Waals surface area contributed by atoms with E-state index in [4.69, 9.17) is 0 Å². The minimum Gasteiger partial charge on any atom is -0.297 e. The maximum absolute atomic E-state index is 9.77. The Morgan fingerprint density at radius 1 is 1.33 bits per heavy atom. The molecule has 0 saturated heterocycles. The van der Waals surface area contributed by atoms with Crippen LogP contribution in [0.2, 0.25) is 0 Å². The Labute approximate surface area is 127 Å². The summed E-state index contributed by atoms with van der Waals surface area (Å²) in [5.74, 6) is 0. The molecular weight excluding hydrogens is 278 g/mol. The van der Waals surface area contributed by atoms with Crippen molar-refractivity contribution in [3.8, 4) is 6.07 Å². The van der Waals surface area contributed by atoms with Gasteiger partial charge in [0.25, 0.3) is 0 Å². The number of fused-ring (bicyclic) bond motifs is 2. The number of nitriles is 1. The van der Waals surface area contributed by atoms with Crippen LogP contribution in [0, 0.1) is 16.7 Å². The van der Waals surface area contributed by atoms with E-state index in [9.17, 15) is 5.26 Å². The molecule has 1 atom stereocenters. The molecule has 0 aliphatic heterocycles. The van der Waals surface area contributed by atoms with Crippen LogP contribution in [-0.2, 0) is 19.3 Å². The van der Waals surface area contributed by atoms with E-state index in [0.29, 0.717) is 0 Å². The van der Waals surface area contributed by atoms with Crippen LogP contribution in [0.3, 0.4) is 0 Å². The molecule has 3 nitrogen and oxygen atoms in total. The van der Waals surface area contributed by atoms with E-state index in [1.165, 1.54) is 11.1 Å². The molecule has 21 heavy (non-hydrogen) atoms. The highest BCUT2D eigenvalue weighted by molar-refractivity contribution is 7.15. The number of rotatable bonds is 2. The highest BCUT2D eigenvalue weighted by Gasteiger charge is 2.35. The van der Waals surface area contributed by atoms with E-state index in [1.807, 2.05) is 16.0 Å². The van der Waals surface area contributed by atoms with E-state index in [1.54, 1.807) is 11.3 Å². The molecule has 4 heteroatoms. The molecule has 0 spiro atoms. The van der Waals surface area contributed by atoms with Crippen molar-refractivity contribution in [2.75, 3.05) is 0 Å².